The molecule has 5 nitrogen and oxygen atoms in total. The SMILES string of the molecule is CCOC1CC(O)(CNC2=NCCCN2)C1(C)C. The molecule has 0 bridgehead atoms. The minimum absolute atomic E-state index is 0.149. The first-order valence-corrected chi connectivity index (χ1v) is 6.86. The summed E-state index contributed by atoms with van der Waals surface area (Å²) in [5, 5.41) is 17.1. The predicted molar refractivity (Wildman–Crippen MR) is 71.7 cm³/mol. The van der Waals surface area contributed by atoms with E-state index >= 15 is 0 Å². The summed E-state index contributed by atoms with van der Waals surface area (Å²) < 4.78 is 5.65. The zero-order valence-electron chi connectivity index (χ0n) is 11.6. The third-order valence-electron chi connectivity index (χ3n) is 4.34. The van der Waals surface area contributed by atoms with Crippen molar-refractivity contribution in [2.24, 2.45) is 10.4 Å². The first kappa shape index (κ1) is 13.6. The zero-order chi connectivity index (χ0) is 13.2. The van der Waals surface area contributed by atoms with Crippen molar-refractivity contribution in [2.45, 2.75) is 45.3 Å². The van der Waals surface area contributed by atoms with Crippen LogP contribution in [0, 0.1) is 5.41 Å². The van der Waals surface area contributed by atoms with E-state index in [4.69, 9.17) is 4.74 Å². The van der Waals surface area contributed by atoms with Crippen molar-refractivity contribution in [3.63, 3.8) is 0 Å². The number of nitrogens with zero attached hydrogens (tertiary/aromatic N) is 1. The fourth-order valence-corrected chi connectivity index (χ4v) is 2.64. The van der Waals surface area contributed by atoms with Gasteiger partial charge >= 0.3 is 0 Å². The van der Waals surface area contributed by atoms with Gasteiger partial charge in [-0.15, -0.1) is 0 Å². The van der Waals surface area contributed by atoms with Gasteiger partial charge in [0.1, 0.15) is 0 Å². The second-order valence-electron chi connectivity index (χ2n) is 5.77. The van der Waals surface area contributed by atoms with Crippen molar-refractivity contribution >= 4 is 5.96 Å². The number of ether oxygens (including phenoxy) is 1. The standard InChI is InChI=1S/C13H25N3O2/c1-4-18-10-8-13(17,12(10,2)3)9-16-11-14-6-5-7-15-11/h10,17H,4-9H2,1-3H3,(H2,14,15,16). The Morgan fingerprint density at radius 2 is 2.33 bits per heavy atom. The Hall–Kier alpha value is -0.810. The summed E-state index contributed by atoms with van der Waals surface area (Å²) in [4.78, 5) is 4.35. The van der Waals surface area contributed by atoms with E-state index in [1.54, 1.807) is 0 Å². The van der Waals surface area contributed by atoms with Gasteiger partial charge in [-0.3, -0.25) is 4.99 Å². The second kappa shape index (κ2) is 5.05. The van der Waals surface area contributed by atoms with Gasteiger partial charge in [0.25, 0.3) is 0 Å². The minimum Gasteiger partial charge on any atom is -0.387 e. The molecule has 18 heavy (non-hydrogen) atoms. The van der Waals surface area contributed by atoms with Crippen LogP contribution in [0.25, 0.3) is 0 Å². The molecule has 1 aliphatic heterocycles. The number of aliphatic hydroxyl groups is 1. The van der Waals surface area contributed by atoms with Crippen LogP contribution in [-0.4, -0.2) is 49.0 Å². The maximum atomic E-state index is 10.6. The molecule has 2 unspecified atom stereocenters. The number of guanidine groups is 1. The Morgan fingerprint density at radius 1 is 1.56 bits per heavy atom. The molecule has 1 fully saturated rings. The highest BCUT2D eigenvalue weighted by molar-refractivity contribution is 5.80. The third kappa shape index (κ3) is 2.34. The summed E-state index contributed by atoms with van der Waals surface area (Å²) in [7, 11) is 0. The molecule has 0 aromatic carbocycles. The molecule has 2 rings (SSSR count). The Labute approximate surface area is 109 Å². The average molecular weight is 255 g/mol. The van der Waals surface area contributed by atoms with Crippen LogP contribution in [0.3, 0.4) is 0 Å². The van der Waals surface area contributed by atoms with Crippen molar-refractivity contribution in [1.29, 1.82) is 0 Å². The molecule has 1 heterocycles. The van der Waals surface area contributed by atoms with E-state index in [9.17, 15) is 5.11 Å². The van der Waals surface area contributed by atoms with Gasteiger partial charge in [-0.25, -0.2) is 0 Å². The molecule has 3 N–H and O–H groups in total. The van der Waals surface area contributed by atoms with Crippen molar-refractivity contribution < 1.29 is 9.84 Å². The molecular weight excluding hydrogens is 230 g/mol. The van der Waals surface area contributed by atoms with E-state index in [1.165, 1.54) is 0 Å². The second-order valence-corrected chi connectivity index (χ2v) is 5.77. The monoisotopic (exact) mass is 255 g/mol. The Balaban J connectivity index is 1.87. The first-order valence-electron chi connectivity index (χ1n) is 6.86. The fourth-order valence-electron chi connectivity index (χ4n) is 2.64. The quantitative estimate of drug-likeness (QED) is 0.684. The van der Waals surface area contributed by atoms with Gasteiger partial charge in [-0.2, -0.15) is 0 Å². The van der Waals surface area contributed by atoms with Gasteiger partial charge < -0.3 is 20.5 Å². The lowest BCUT2D eigenvalue weighted by molar-refractivity contribution is -0.237. The molecule has 0 radical (unpaired) electrons. The molecule has 1 saturated carbocycles. The van der Waals surface area contributed by atoms with Crippen LogP contribution in [0.5, 0.6) is 0 Å². The number of rotatable bonds is 4. The Kier molecular flexibility index (Phi) is 3.82. The molecule has 1 aliphatic carbocycles. The molecule has 2 atom stereocenters. The van der Waals surface area contributed by atoms with Crippen LogP contribution >= 0.6 is 0 Å². The highest BCUT2D eigenvalue weighted by atomic mass is 16.5. The van der Waals surface area contributed by atoms with E-state index in [-0.39, 0.29) is 11.5 Å². The maximum Gasteiger partial charge on any atom is 0.191 e. The van der Waals surface area contributed by atoms with Gasteiger partial charge in [-0.05, 0) is 13.3 Å². The van der Waals surface area contributed by atoms with Crippen LogP contribution in [0.15, 0.2) is 4.99 Å². The van der Waals surface area contributed by atoms with Crippen LogP contribution in [0.2, 0.25) is 0 Å². The van der Waals surface area contributed by atoms with Gasteiger partial charge in [0, 0.05) is 38.1 Å². The third-order valence-corrected chi connectivity index (χ3v) is 4.34. The van der Waals surface area contributed by atoms with Crippen LogP contribution in [0.4, 0.5) is 0 Å². The number of nitrogens with one attached hydrogen (secondary N) is 2. The summed E-state index contributed by atoms with van der Waals surface area (Å²) >= 11 is 0. The predicted octanol–water partition coefficient (Wildman–Crippen LogP) is 0.491. The lowest BCUT2D eigenvalue weighted by Gasteiger charge is -2.58. The Morgan fingerprint density at radius 3 is 2.89 bits per heavy atom. The van der Waals surface area contributed by atoms with Crippen LogP contribution in [0.1, 0.15) is 33.6 Å². The lowest BCUT2D eigenvalue weighted by atomic mass is 9.56. The topological polar surface area (TPSA) is 65.9 Å². The van der Waals surface area contributed by atoms with Crippen molar-refractivity contribution in [2.75, 3.05) is 26.2 Å². The zero-order valence-corrected chi connectivity index (χ0v) is 11.6. The van der Waals surface area contributed by atoms with Crippen LogP contribution < -0.4 is 10.6 Å². The molecule has 0 spiro atoms. The maximum absolute atomic E-state index is 10.6. The molecular formula is C13H25N3O2. The summed E-state index contributed by atoms with van der Waals surface area (Å²) in [5.74, 6) is 0.810. The van der Waals surface area contributed by atoms with Crippen molar-refractivity contribution in [3.8, 4) is 0 Å². The van der Waals surface area contributed by atoms with Crippen molar-refractivity contribution in [3.05, 3.63) is 0 Å². The summed E-state index contributed by atoms with van der Waals surface area (Å²) in [6.07, 6.45) is 1.91. The van der Waals surface area contributed by atoms with Gasteiger partial charge in [-0.1, -0.05) is 13.8 Å². The van der Waals surface area contributed by atoms with E-state index in [2.05, 4.69) is 29.5 Å². The van der Waals surface area contributed by atoms with Gasteiger partial charge in [0.15, 0.2) is 5.96 Å². The molecule has 0 aromatic heterocycles. The molecule has 0 saturated heterocycles. The molecule has 2 aliphatic rings. The summed E-state index contributed by atoms with van der Waals surface area (Å²) in [6, 6.07) is 0. The summed E-state index contributed by atoms with van der Waals surface area (Å²) in [6.45, 7) is 9.16. The van der Waals surface area contributed by atoms with E-state index < -0.39 is 5.60 Å². The highest BCUT2D eigenvalue weighted by Crippen LogP contribution is 2.50. The molecule has 0 amide bonds. The average Bonchev–Trinajstić information content (AvgIpc) is 2.37. The molecule has 0 aromatic rings. The van der Waals surface area contributed by atoms with Crippen molar-refractivity contribution in [1.82, 2.24) is 10.6 Å². The normalized spacial score (nSPS) is 34.2. The van der Waals surface area contributed by atoms with E-state index in [1.807, 2.05) is 6.92 Å². The van der Waals surface area contributed by atoms with Crippen LogP contribution in [-0.2, 0) is 4.74 Å². The highest BCUT2D eigenvalue weighted by Gasteiger charge is 2.59. The largest absolute Gasteiger partial charge is 0.387 e. The fraction of sp³-hybridized carbons (Fsp3) is 0.923. The molecule has 104 valence electrons. The summed E-state index contributed by atoms with van der Waals surface area (Å²) in [5.41, 5.74) is -0.931. The minimum atomic E-state index is -0.714. The number of hydrogen-bond donors (Lipinski definition) is 3. The van der Waals surface area contributed by atoms with Gasteiger partial charge in [0.05, 0.1) is 11.7 Å². The molecule has 5 heteroatoms. The van der Waals surface area contributed by atoms with E-state index in [0.29, 0.717) is 19.6 Å². The Bertz CT molecular complexity index is 330. The van der Waals surface area contributed by atoms with E-state index in [0.717, 1.165) is 25.5 Å². The smallest absolute Gasteiger partial charge is 0.191 e. The number of hydrogen-bond acceptors (Lipinski definition) is 5. The first-order chi connectivity index (χ1) is 8.49. The van der Waals surface area contributed by atoms with Gasteiger partial charge in [0.2, 0.25) is 0 Å². The lowest BCUT2D eigenvalue weighted by Crippen LogP contribution is -2.69. The number of aliphatic imine (C=N–C) groups is 1.